The Labute approximate surface area is 160 Å². The molecular formula is C17H22N4OS3. The second kappa shape index (κ2) is 9.45. The predicted molar refractivity (Wildman–Crippen MR) is 108 cm³/mol. The molecule has 25 heavy (non-hydrogen) atoms. The minimum absolute atomic E-state index is 0.0276. The second-order valence-electron chi connectivity index (χ2n) is 5.92. The van der Waals surface area contributed by atoms with Gasteiger partial charge in [0.05, 0.1) is 5.75 Å². The van der Waals surface area contributed by atoms with Gasteiger partial charge in [0.2, 0.25) is 11.0 Å². The Morgan fingerprint density at radius 1 is 1.28 bits per heavy atom. The molecule has 8 heteroatoms. The lowest BCUT2D eigenvalue weighted by molar-refractivity contribution is -0.113. The lowest BCUT2D eigenvalue weighted by atomic mass is 9.96. The van der Waals surface area contributed by atoms with Crippen LogP contribution in [0.5, 0.6) is 0 Å². The summed E-state index contributed by atoms with van der Waals surface area (Å²) in [6.07, 6.45) is 8.35. The maximum Gasteiger partial charge on any atom is 0.234 e. The van der Waals surface area contributed by atoms with Crippen molar-refractivity contribution in [1.29, 1.82) is 0 Å². The zero-order valence-corrected chi connectivity index (χ0v) is 16.6. The van der Waals surface area contributed by atoms with Crippen LogP contribution in [-0.4, -0.2) is 34.2 Å². The second-order valence-corrected chi connectivity index (χ2v) is 9.00. The first-order valence-corrected chi connectivity index (χ1v) is 11.4. The fraction of sp³-hybridized carbons (Fsp3) is 0.471. The number of carbonyl (C=O) groups is 1. The number of hydrogen-bond acceptors (Lipinski definition) is 7. The van der Waals surface area contributed by atoms with E-state index < -0.39 is 0 Å². The largest absolute Gasteiger partial charge is 0.357 e. The first-order valence-electron chi connectivity index (χ1n) is 8.39. The van der Waals surface area contributed by atoms with Gasteiger partial charge in [-0.3, -0.25) is 4.79 Å². The summed E-state index contributed by atoms with van der Waals surface area (Å²) in [5, 5.41) is 15.6. The van der Waals surface area contributed by atoms with Crippen LogP contribution in [0.1, 0.15) is 32.1 Å². The van der Waals surface area contributed by atoms with Gasteiger partial charge in [-0.1, -0.05) is 48.4 Å². The molecule has 1 aliphatic rings. The van der Waals surface area contributed by atoms with E-state index in [9.17, 15) is 4.79 Å². The third kappa shape index (κ3) is 5.90. The van der Waals surface area contributed by atoms with Crippen molar-refractivity contribution >= 4 is 51.6 Å². The molecule has 134 valence electrons. The van der Waals surface area contributed by atoms with E-state index in [1.807, 2.05) is 30.5 Å². The number of aromatic nitrogens is 2. The fourth-order valence-electron chi connectivity index (χ4n) is 2.77. The van der Waals surface area contributed by atoms with Gasteiger partial charge in [-0.05, 0) is 37.3 Å². The number of thioether (sulfide) groups is 2. The molecule has 1 aliphatic carbocycles. The fourth-order valence-corrected chi connectivity index (χ4v) is 4.86. The Hall–Kier alpha value is -1.25. The Bertz CT molecular complexity index is 701. The van der Waals surface area contributed by atoms with Gasteiger partial charge in [-0.2, -0.15) is 0 Å². The zero-order valence-electron chi connectivity index (χ0n) is 14.2. The van der Waals surface area contributed by atoms with E-state index in [1.165, 1.54) is 55.2 Å². The normalized spacial score (nSPS) is 15.1. The molecular weight excluding hydrogens is 372 g/mol. The first kappa shape index (κ1) is 18.5. The van der Waals surface area contributed by atoms with Crippen molar-refractivity contribution in [2.24, 2.45) is 0 Å². The Kier molecular flexibility index (Phi) is 7.01. The summed E-state index contributed by atoms with van der Waals surface area (Å²) in [6.45, 7) is 0. The molecule has 0 radical (unpaired) electrons. The smallest absolute Gasteiger partial charge is 0.234 e. The van der Waals surface area contributed by atoms with Crippen LogP contribution in [0.3, 0.4) is 0 Å². The van der Waals surface area contributed by atoms with E-state index in [0.717, 1.165) is 20.1 Å². The molecule has 1 fully saturated rings. The quantitative estimate of drug-likeness (QED) is 0.662. The van der Waals surface area contributed by atoms with Crippen molar-refractivity contribution in [2.75, 3.05) is 22.6 Å². The number of amides is 1. The number of rotatable bonds is 7. The molecule has 0 unspecified atom stereocenters. The van der Waals surface area contributed by atoms with Crippen molar-refractivity contribution in [2.45, 2.75) is 47.4 Å². The van der Waals surface area contributed by atoms with E-state index >= 15 is 0 Å². The average molecular weight is 395 g/mol. The molecule has 1 saturated carbocycles. The molecule has 1 aromatic carbocycles. The van der Waals surface area contributed by atoms with Crippen LogP contribution in [-0.2, 0) is 4.79 Å². The van der Waals surface area contributed by atoms with Gasteiger partial charge in [0, 0.05) is 16.6 Å². The maximum atomic E-state index is 12.1. The molecule has 2 aromatic rings. The van der Waals surface area contributed by atoms with Gasteiger partial charge in [-0.15, -0.1) is 22.0 Å². The highest BCUT2D eigenvalue weighted by atomic mass is 32.2. The van der Waals surface area contributed by atoms with Crippen LogP contribution in [0.4, 0.5) is 10.8 Å². The van der Waals surface area contributed by atoms with Crippen LogP contribution >= 0.6 is 34.9 Å². The summed E-state index contributed by atoms with van der Waals surface area (Å²) in [4.78, 5) is 13.2. The van der Waals surface area contributed by atoms with E-state index in [1.54, 1.807) is 11.8 Å². The van der Waals surface area contributed by atoms with Gasteiger partial charge in [0.15, 0.2) is 4.34 Å². The van der Waals surface area contributed by atoms with Gasteiger partial charge in [0.25, 0.3) is 0 Å². The first-order chi connectivity index (χ1) is 12.2. The summed E-state index contributed by atoms with van der Waals surface area (Å²) in [5.74, 6) is 0.307. The molecule has 1 aromatic heterocycles. The van der Waals surface area contributed by atoms with Crippen LogP contribution in [0.15, 0.2) is 33.5 Å². The molecule has 0 atom stereocenters. The number of anilines is 2. The van der Waals surface area contributed by atoms with Gasteiger partial charge in [0.1, 0.15) is 0 Å². The van der Waals surface area contributed by atoms with Crippen LogP contribution in [0.2, 0.25) is 0 Å². The molecule has 5 nitrogen and oxygen atoms in total. The Morgan fingerprint density at radius 2 is 2.12 bits per heavy atom. The molecule has 0 aliphatic heterocycles. The zero-order chi connectivity index (χ0) is 17.5. The lowest BCUT2D eigenvalue weighted by Crippen LogP contribution is -2.21. The van der Waals surface area contributed by atoms with E-state index in [4.69, 9.17) is 0 Å². The summed E-state index contributed by atoms with van der Waals surface area (Å²) < 4.78 is 0.825. The maximum absolute atomic E-state index is 12.1. The van der Waals surface area contributed by atoms with Crippen molar-refractivity contribution in [1.82, 2.24) is 10.2 Å². The Balaban J connectivity index is 1.45. The van der Waals surface area contributed by atoms with Gasteiger partial charge in [-0.25, -0.2) is 0 Å². The summed E-state index contributed by atoms with van der Waals surface area (Å²) >= 11 is 4.61. The van der Waals surface area contributed by atoms with Crippen LogP contribution in [0.25, 0.3) is 0 Å². The van der Waals surface area contributed by atoms with Gasteiger partial charge >= 0.3 is 0 Å². The lowest BCUT2D eigenvalue weighted by Gasteiger charge is -2.21. The average Bonchev–Trinajstić information content (AvgIpc) is 3.08. The molecule has 0 saturated heterocycles. The third-order valence-corrected chi connectivity index (χ3v) is 6.73. The standard InChI is InChI=1S/C17H22N4OS3/c1-23-14-9-5-8-13(10-14)18-15(22)11-24-17-21-20-16(25-17)19-12-6-3-2-4-7-12/h5,8-10,12H,2-4,6-7,11H2,1H3,(H,18,22)(H,19,20). The highest BCUT2D eigenvalue weighted by Gasteiger charge is 2.15. The number of benzene rings is 1. The SMILES string of the molecule is CSc1cccc(NC(=O)CSc2nnc(NC3CCCCC3)s2)c1. The van der Waals surface area contributed by atoms with E-state index in [2.05, 4.69) is 20.8 Å². The number of hydrogen-bond donors (Lipinski definition) is 2. The minimum atomic E-state index is -0.0276. The molecule has 1 heterocycles. The number of carbonyl (C=O) groups excluding carboxylic acids is 1. The summed E-state index contributed by atoms with van der Waals surface area (Å²) in [6, 6.07) is 8.37. The van der Waals surface area contributed by atoms with Crippen molar-refractivity contribution in [3.8, 4) is 0 Å². The number of nitrogens with one attached hydrogen (secondary N) is 2. The monoisotopic (exact) mass is 394 g/mol. The van der Waals surface area contributed by atoms with Crippen LogP contribution < -0.4 is 10.6 Å². The number of nitrogens with zero attached hydrogens (tertiary/aromatic N) is 2. The third-order valence-electron chi connectivity index (χ3n) is 4.02. The summed E-state index contributed by atoms with van der Waals surface area (Å²) in [5.41, 5.74) is 0.828. The van der Waals surface area contributed by atoms with E-state index in [0.29, 0.717) is 11.8 Å². The predicted octanol–water partition coefficient (Wildman–Crippen LogP) is 4.74. The van der Waals surface area contributed by atoms with Crippen molar-refractivity contribution in [3.63, 3.8) is 0 Å². The van der Waals surface area contributed by atoms with Crippen molar-refractivity contribution < 1.29 is 4.79 Å². The highest BCUT2D eigenvalue weighted by Crippen LogP contribution is 2.28. The van der Waals surface area contributed by atoms with Gasteiger partial charge < -0.3 is 10.6 Å². The van der Waals surface area contributed by atoms with E-state index in [-0.39, 0.29) is 5.91 Å². The minimum Gasteiger partial charge on any atom is -0.357 e. The topological polar surface area (TPSA) is 66.9 Å². The summed E-state index contributed by atoms with van der Waals surface area (Å²) in [7, 11) is 0. The molecule has 1 amide bonds. The highest BCUT2D eigenvalue weighted by molar-refractivity contribution is 8.01. The molecule has 2 N–H and O–H groups in total. The molecule has 0 bridgehead atoms. The Morgan fingerprint density at radius 3 is 2.92 bits per heavy atom. The van der Waals surface area contributed by atoms with Crippen LogP contribution in [0, 0.1) is 0 Å². The van der Waals surface area contributed by atoms with Crippen molar-refractivity contribution in [3.05, 3.63) is 24.3 Å². The molecule has 0 spiro atoms. The molecule has 3 rings (SSSR count).